The molecule has 2 aromatic rings. The topological polar surface area (TPSA) is 56.4 Å². The van der Waals surface area contributed by atoms with Crippen LogP contribution in [0.5, 0.6) is 0 Å². The van der Waals surface area contributed by atoms with E-state index in [1.165, 1.54) is 0 Å². The molecule has 5 nitrogen and oxygen atoms in total. The zero-order chi connectivity index (χ0) is 17.1. The molecule has 0 atom stereocenters. The molecule has 1 saturated heterocycles. The maximum absolute atomic E-state index is 12.4. The fourth-order valence-corrected chi connectivity index (χ4v) is 3.27. The van der Waals surface area contributed by atoms with Crippen LogP contribution in [0.1, 0.15) is 24.5 Å². The number of hydrogen-bond acceptors (Lipinski definition) is 3. The highest BCUT2D eigenvalue weighted by Crippen LogP contribution is 2.14. The number of benzene rings is 1. The summed E-state index contributed by atoms with van der Waals surface area (Å²) in [7, 11) is 0. The summed E-state index contributed by atoms with van der Waals surface area (Å²) < 4.78 is 0. The van der Waals surface area contributed by atoms with Crippen LogP contribution in [0, 0.1) is 6.92 Å². The van der Waals surface area contributed by atoms with Crippen molar-refractivity contribution in [1.82, 2.24) is 14.8 Å². The van der Waals surface area contributed by atoms with Crippen LogP contribution < -0.4 is 5.56 Å². The number of aromatic amines is 1. The van der Waals surface area contributed by atoms with Crippen LogP contribution in [0.25, 0.3) is 10.9 Å². The van der Waals surface area contributed by atoms with Crippen LogP contribution in [-0.2, 0) is 11.2 Å². The van der Waals surface area contributed by atoms with E-state index in [0.29, 0.717) is 18.4 Å². The first kappa shape index (κ1) is 16.7. The average molecular weight is 327 g/mol. The van der Waals surface area contributed by atoms with E-state index in [1.807, 2.05) is 30.0 Å². The van der Waals surface area contributed by atoms with Crippen molar-refractivity contribution in [3.8, 4) is 0 Å². The number of rotatable bonds is 4. The summed E-state index contributed by atoms with van der Waals surface area (Å²) in [4.78, 5) is 31.8. The third-order valence-electron chi connectivity index (χ3n) is 4.86. The first-order valence-electron chi connectivity index (χ1n) is 8.69. The number of carbonyl (C=O) groups is 1. The molecule has 1 aromatic carbocycles. The lowest BCUT2D eigenvalue weighted by atomic mass is 10.1. The summed E-state index contributed by atoms with van der Waals surface area (Å²) in [5.74, 6) is 0.148. The molecule has 1 aromatic heterocycles. The van der Waals surface area contributed by atoms with Crippen molar-refractivity contribution in [2.75, 3.05) is 32.7 Å². The number of aromatic nitrogens is 1. The predicted molar refractivity (Wildman–Crippen MR) is 96.3 cm³/mol. The van der Waals surface area contributed by atoms with E-state index >= 15 is 0 Å². The van der Waals surface area contributed by atoms with E-state index in [4.69, 9.17) is 0 Å². The molecule has 24 heavy (non-hydrogen) atoms. The summed E-state index contributed by atoms with van der Waals surface area (Å²) in [6, 6.07) is 7.88. The smallest absolute Gasteiger partial charge is 0.251 e. The SMILES string of the molecule is CCN1CCN(C(=O)CCc2cc3cc(C)ccc3[nH]c2=O)CC1. The highest BCUT2D eigenvalue weighted by atomic mass is 16.2. The van der Waals surface area contributed by atoms with Crippen LogP contribution in [0.4, 0.5) is 0 Å². The van der Waals surface area contributed by atoms with E-state index in [1.54, 1.807) is 0 Å². The molecule has 1 N–H and O–H groups in total. The maximum atomic E-state index is 12.4. The van der Waals surface area contributed by atoms with Crippen LogP contribution in [0.2, 0.25) is 0 Å². The fourth-order valence-electron chi connectivity index (χ4n) is 3.27. The monoisotopic (exact) mass is 327 g/mol. The summed E-state index contributed by atoms with van der Waals surface area (Å²) >= 11 is 0. The van der Waals surface area contributed by atoms with E-state index in [2.05, 4.69) is 22.9 Å². The zero-order valence-electron chi connectivity index (χ0n) is 14.5. The molecule has 0 radical (unpaired) electrons. The van der Waals surface area contributed by atoms with Gasteiger partial charge in [-0.2, -0.15) is 0 Å². The van der Waals surface area contributed by atoms with Crippen molar-refractivity contribution in [2.45, 2.75) is 26.7 Å². The standard InChI is InChI=1S/C19H25N3O2/c1-3-21-8-10-22(11-9-21)18(23)7-5-15-13-16-12-14(2)4-6-17(16)20-19(15)24/h4,6,12-13H,3,5,7-11H2,1-2H3,(H,20,24). The lowest BCUT2D eigenvalue weighted by Crippen LogP contribution is -2.48. The second kappa shape index (κ2) is 7.18. The lowest BCUT2D eigenvalue weighted by Gasteiger charge is -2.34. The Balaban J connectivity index is 1.66. The third-order valence-corrected chi connectivity index (χ3v) is 4.86. The third kappa shape index (κ3) is 3.67. The van der Waals surface area contributed by atoms with Crippen LogP contribution in [-0.4, -0.2) is 53.4 Å². The summed E-state index contributed by atoms with van der Waals surface area (Å²) in [5.41, 5.74) is 2.60. The van der Waals surface area contributed by atoms with Crippen molar-refractivity contribution in [3.63, 3.8) is 0 Å². The van der Waals surface area contributed by atoms with Gasteiger partial charge in [0.15, 0.2) is 0 Å². The Bertz CT molecular complexity index is 789. The number of aryl methyl sites for hydroxylation is 2. The number of amides is 1. The number of hydrogen-bond donors (Lipinski definition) is 1. The number of piperazine rings is 1. The Kier molecular flexibility index (Phi) is 5.00. The van der Waals surface area contributed by atoms with Gasteiger partial charge in [-0.15, -0.1) is 0 Å². The Hall–Kier alpha value is -2.14. The minimum Gasteiger partial charge on any atom is -0.340 e. The van der Waals surface area contributed by atoms with Gasteiger partial charge in [0.25, 0.3) is 5.56 Å². The van der Waals surface area contributed by atoms with Gasteiger partial charge in [-0.25, -0.2) is 0 Å². The van der Waals surface area contributed by atoms with Crippen molar-refractivity contribution < 1.29 is 4.79 Å². The molecular weight excluding hydrogens is 302 g/mol. The molecule has 0 saturated carbocycles. The Labute approximate surface area is 142 Å². The van der Waals surface area contributed by atoms with Crippen LogP contribution in [0.15, 0.2) is 29.1 Å². The van der Waals surface area contributed by atoms with Crippen molar-refractivity contribution in [2.24, 2.45) is 0 Å². The second-order valence-corrected chi connectivity index (χ2v) is 6.53. The number of carbonyl (C=O) groups excluding carboxylic acids is 1. The van der Waals surface area contributed by atoms with E-state index in [-0.39, 0.29) is 11.5 Å². The Morgan fingerprint density at radius 3 is 2.62 bits per heavy atom. The summed E-state index contributed by atoms with van der Waals surface area (Å²) in [5, 5.41) is 1.02. The van der Waals surface area contributed by atoms with Gasteiger partial charge in [-0.1, -0.05) is 18.6 Å². The molecule has 128 valence electrons. The largest absolute Gasteiger partial charge is 0.340 e. The average Bonchev–Trinajstić information content (AvgIpc) is 2.60. The number of likely N-dealkylation sites (N-methyl/N-ethyl adjacent to an activating group) is 1. The molecule has 5 heteroatoms. The molecule has 0 unspecified atom stereocenters. The van der Waals surface area contributed by atoms with E-state index in [9.17, 15) is 9.59 Å². The van der Waals surface area contributed by atoms with Gasteiger partial charge in [0.2, 0.25) is 5.91 Å². The van der Waals surface area contributed by atoms with Crippen LogP contribution >= 0.6 is 0 Å². The first-order valence-corrected chi connectivity index (χ1v) is 8.69. The molecule has 1 aliphatic heterocycles. The highest BCUT2D eigenvalue weighted by Gasteiger charge is 2.20. The van der Waals surface area contributed by atoms with Gasteiger partial charge in [-0.05, 0) is 43.5 Å². The van der Waals surface area contributed by atoms with Gasteiger partial charge in [0, 0.05) is 43.7 Å². The fraction of sp³-hybridized carbons (Fsp3) is 0.474. The van der Waals surface area contributed by atoms with E-state index < -0.39 is 0 Å². The van der Waals surface area contributed by atoms with Gasteiger partial charge in [0.05, 0.1) is 0 Å². The van der Waals surface area contributed by atoms with E-state index in [0.717, 1.165) is 49.2 Å². The molecule has 0 bridgehead atoms. The summed E-state index contributed by atoms with van der Waals surface area (Å²) in [6.45, 7) is 8.68. The molecule has 0 spiro atoms. The molecule has 1 fully saturated rings. The van der Waals surface area contributed by atoms with Gasteiger partial charge < -0.3 is 14.8 Å². The molecule has 3 rings (SSSR count). The maximum Gasteiger partial charge on any atom is 0.251 e. The lowest BCUT2D eigenvalue weighted by molar-refractivity contribution is -0.132. The molecular formula is C19H25N3O2. The quantitative estimate of drug-likeness (QED) is 0.933. The molecule has 0 aliphatic carbocycles. The summed E-state index contributed by atoms with van der Waals surface area (Å²) in [6.07, 6.45) is 0.887. The van der Waals surface area contributed by atoms with Gasteiger partial charge >= 0.3 is 0 Å². The van der Waals surface area contributed by atoms with Crippen molar-refractivity contribution in [3.05, 3.63) is 45.7 Å². The number of pyridine rings is 1. The Morgan fingerprint density at radius 2 is 1.92 bits per heavy atom. The first-order chi connectivity index (χ1) is 11.6. The zero-order valence-corrected chi connectivity index (χ0v) is 14.5. The minimum absolute atomic E-state index is 0.0880. The molecule has 1 amide bonds. The number of H-pyrrole nitrogens is 1. The molecule has 2 heterocycles. The number of nitrogens with one attached hydrogen (secondary N) is 1. The normalized spacial score (nSPS) is 15.8. The predicted octanol–water partition coefficient (Wildman–Crippen LogP) is 1.93. The molecule has 1 aliphatic rings. The minimum atomic E-state index is -0.0880. The van der Waals surface area contributed by atoms with Gasteiger partial charge in [0.1, 0.15) is 0 Å². The van der Waals surface area contributed by atoms with Crippen molar-refractivity contribution >= 4 is 16.8 Å². The highest BCUT2D eigenvalue weighted by molar-refractivity contribution is 5.80. The van der Waals surface area contributed by atoms with Crippen molar-refractivity contribution in [1.29, 1.82) is 0 Å². The second-order valence-electron chi connectivity index (χ2n) is 6.53. The van der Waals surface area contributed by atoms with Gasteiger partial charge in [-0.3, -0.25) is 9.59 Å². The number of fused-ring (bicyclic) bond motifs is 1. The number of nitrogens with zero attached hydrogens (tertiary/aromatic N) is 2. The van der Waals surface area contributed by atoms with Crippen LogP contribution in [0.3, 0.4) is 0 Å². The Morgan fingerprint density at radius 1 is 1.17 bits per heavy atom.